The molecule has 3 aromatic rings. The number of thiophene rings is 1. The van der Waals surface area contributed by atoms with E-state index in [-0.39, 0.29) is 6.04 Å². The molecule has 1 unspecified atom stereocenters. The number of nitrogens with zero attached hydrogens (tertiary/aromatic N) is 3. The van der Waals surface area contributed by atoms with Gasteiger partial charge in [0.15, 0.2) is 5.65 Å². The van der Waals surface area contributed by atoms with E-state index in [1.807, 2.05) is 6.07 Å². The van der Waals surface area contributed by atoms with Crippen LogP contribution in [0.2, 0.25) is 5.02 Å². The standard InChI is InChI=1S/C12H11ClN4S/c1-8(9-4-5-18-7-9)14-12-15-11-3-2-10(13)6-17(11)16-12/h2-8H,1H3,(H,14,16). The molecular formula is C12H11ClN4S. The molecule has 0 fully saturated rings. The lowest BCUT2D eigenvalue weighted by molar-refractivity contribution is 0.857. The minimum absolute atomic E-state index is 0.184. The summed E-state index contributed by atoms with van der Waals surface area (Å²) < 4.78 is 1.67. The number of rotatable bonds is 3. The molecule has 0 amide bonds. The predicted molar refractivity (Wildman–Crippen MR) is 74.4 cm³/mol. The number of fused-ring (bicyclic) bond motifs is 1. The topological polar surface area (TPSA) is 42.2 Å². The molecule has 0 aliphatic carbocycles. The highest BCUT2D eigenvalue weighted by Gasteiger charge is 2.09. The summed E-state index contributed by atoms with van der Waals surface area (Å²) in [6, 6.07) is 5.92. The summed E-state index contributed by atoms with van der Waals surface area (Å²) in [5.41, 5.74) is 2.01. The molecule has 92 valence electrons. The zero-order valence-corrected chi connectivity index (χ0v) is 11.2. The van der Waals surface area contributed by atoms with E-state index in [0.717, 1.165) is 5.65 Å². The van der Waals surface area contributed by atoms with Gasteiger partial charge in [-0.1, -0.05) is 11.6 Å². The smallest absolute Gasteiger partial charge is 0.243 e. The van der Waals surface area contributed by atoms with E-state index in [4.69, 9.17) is 11.6 Å². The van der Waals surface area contributed by atoms with Crippen molar-refractivity contribution >= 4 is 34.5 Å². The van der Waals surface area contributed by atoms with E-state index < -0.39 is 0 Å². The Morgan fingerprint density at radius 2 is 2.28 bits per heavy atom. The third kappa shape index (κ3) is 2.19. The van der Waals surface area contributed by atoms with Gasteiger partial charge < -0.3 is 5.32 Å². The highest BCUT2D eigenvalue weighted by atomic mass is 35.5. The Bertz CT molecular complexity index is 662. The first-order valence-corrected chi connectivity index (χ1v) is 6.85. The fourth-order valence-corrected chi connectivity index (χ4v) is 2.63. The number of nitrogens with one attached hydrogen (secondary N) is 1. The van der Waals surface area contributed by atoms with Gasteiger partial charge in [0.25, 0.3) is 0 Å². The first kappa shape index (κ1) is 11.5. The van der Waals surface area contributed by atoms with Gasteiger partial charge in [0.2, 0.25) is 5.95 Å². The second kappa shape index (κ2) is 4.59. The second-order valence-corrected chi connectivity index (χ2v) is 5.22. The van der Waals surface area contributed by atoms with Gasteiger partial charge in [0.1, 0.15) is 0 Å². The Kier molecular flexibility index (Phi) is 2.93. The average molecular weight is 279 g/mol. The molecule has 0 aliphatic heterocycles. The van der Waals surface area contributed by atoms with Gasteiger partial charge in [-0.05, 0) is 41.4 Å². The normalized spacial score (nSPS) is 12.8. The fraction of sp³-hybridized carbons (Fsp3) is 0.167. The van der Waals surface area contributed by atoms with Gasteiger partial charge in [-0.25, -0.2) is 4.52 Å². The van der Waals surface area contributed by atoms with Gasteiger partial charge in [-0.15, -0.1) is 5.10 Å². The third-order valence-corrected chi connectivity index (χ3v) is 3.61. The van der Waals surface area contributed by atoms with Crippen molar-refractivity contribution in [1.82, 2.24) is 14.6 Å². The van der Waals surface area contributed by atoms with Crippen LogP contribution in [0.5, 0.6) is 0 Å². The molecule has 1 atom stereocenters. The highest BCUT2D eigenvalue weighted by Crippen LogP contribution is 2.20. The molecule has 3 aromatic heterocycles. The maximum absolute atomic E-state index is 5.91. The zero-order chi connectivity index (χ0) is 12.5. The molecular weight excluding hydrogens is 268 g/mol. The molecule has 0 aromatic carbocycles. The molecule has 3 heterocycles. The summed E-state index contributed by atoms with van der Waals surface area (Å²) in [6.45, 7) is 2.08. The zero-order valence-electron chi connectivity index (χ0n) is 9.67. The second-order valence-electron chi connectivity index (χ2n) is 4.01. The number of halogens is 1. The molecule has 6 heteroatoms. The molecule has 0 spiro atoms. The van der Waals surface area contributed by atoms with Crippen LogP contribution < -0.4 is 5.32 Å². The summed E-state index contributed by atoms with van der Waals surface area (Å²) in [7, 11) is 0. The van der Waals surface area contributed by atoms with Crippen molar-refractivity contribution in [3.63, 3.8) is 0 Å². The van der Waals surface area contributed by atoms with Crippen LogP contribution in [0.25, 0.3) is 5.65 Å². The van der Waals surface area contributed by atoms with Crippen molar-refractivity contribution in [3.8, 4) is 0 Å². The number of hydrogen-bond acceptors (Lipinski definition) is 4. The molecule has 18 heavy (non-hydrogen) atoms. The molecule has 3 rings (SSSR count). The van der Waals surface area contributed by atoms with Crippen LogP contribution >= 0.6 is 22.9 Å². The van der Waals surface area contributed by atoms with Crippen LogP contribution in [-0.4, -0.2) is 14.6 Å². The lowest BCUT2D eigenvalue weighted by Gasteiger charge is -2.09. The van der Waals surface area contributed by atoms with E-state index in [9.17, 15) is 0 Å². The lowest BCUT2D eigenvalue weighted by atomic mass is 10.2. The Morgan fingerprint density at radius 1 is 1.39 bits per heavy atom. The Balaban J connectivity index is 1.86. The quantitative estimate of drug-likeness (QED) is 0.796. The van der Waals surface area contributed by atoms with Crippen LogP contribution in [0, 0.1) is 0 Å². The monoisotopic (exact) mass is 278 g/mol. The van der Waals surface area contributed by atoms with E-state index in [1.54, 1.807) is 28.1 Å². The third-order valence-electron chi connectivity index (χ3n) is 2.68. The van der Waals surface area contributed by atoms with E-state index in [2.05, 4.69) is 39.1 Å². The lowest BCUT2D eigenvalue weighted by Crippen LogP contribution is -2.06. The summed E-state index contributed by atoms with van der Waals surface area (Å²) in [4.78, 5) is 4.39. The molecule has 0 saturated heterocycles. The van der Waals surface area contributed by atoms with Gasteiger partial charge in [0, 0.05) is 6.20 Å². The summed E-state index contributed by atoms with van der Waals surface area (Å²) in [5, 5.41) is 12.4. The van der Waals surface area contributed by atoms with Gasteiger partial charge in [-0.2, -0.15) is 16.3 Å². The summed E-state index contributed by atoms with van der Waals surface area (Å²) >= 11 is 7.59. The fourth-order valence-electron chi connectivity index (χ4n) is 1.72. The minimum atomic E-state index is 0.184. The van der Waals surface area contributed by atoms with Crippen LogP contribution in [0.15, 0.2) is 35.2 Å². The molecule has 1 N–H and O–H groups in total. The van der Waals surface area contributed by atoms with Gasteiger partial charge in [-0.3, -0.25) is 0 Å². The Morgan fingerprint density at radius 3 is 3.06 bits per heavy atom. The van der Waals surface area contributed by atoms with E-state index in [0.29, 0.717) is 11.0 Å². The number of aromatic nitrogens is 3. The van der Waals surface area contributed by atoms with Crippen molar-refractivity contribution in [1.29, 1.82) is 0 Å². The Labute approximate surface area is 113 Å². The number of anilines is 1. The van der Waals surface area contributed by atoms with Crippen LogP contribution in [0.1, 0.15) is 18.5 Å². The van der Waals surface area contributed by atoms with Crippen LogP contribution in [0.3, 0.4) is 0 Å². The minimum Gasteiger partial charge on any atom is -0.346 e. The van der Waals surface area contributed by atoms with Gasteiger partial charge >= 0.3 is 0 Å². The predicted octanol–water partition coefficient (Wildman–Crippen LogP) is 3.62. The van der Waals surface area contributed by atoms with Crippen molar-refractivity contribution < 1.29 is 0 Å². The maximum atomic E-state index is 5.91. The van der Waals surface area contributed by atoms with Crippen molar-refractivity contribution in [2.45, 2.75) is 13.0 Å². The van der Waals surface area contributed by atoms with Crippen molar-refractivity contribution in [2.75, 3.05) is 5.32 Å². The van der Waals surface area contributed by atoms with E-state index in [1.165, 1.54) is 5.56 Å². The largest absolute Gasteiger partial charge is 0.346 e. The van der Waals surface area contributed by atoms with Gasteiger partial charge in [0.05, 0.1) is 11.1 Å². The number of pyridine rings is 1. The first-order valence-electron chi connectivity index (χ1n) is 5.53. The molecule has 4 nitrogen and oxygen atoms in total. The molecule has 0 saturated carbocycles. The number of hydrogen-bond donors (Lipinski definition) is 1. The Hall–Kier alpha value is -1.59. The molecule has 0 aliphatic rings. The highest BCUT2D eigenvalue weighted by molar-refractivity contribution is 7.07. The first-order chi connectivity index (χ1) is 8.72. The van der Waals surface area contributed by atoms with Crippen LogP contribution in [0.4, 0.5) is 5.95 Å². The maximum Gasteiger partial charge on any atom is 0.243 e. The van der Waals surface area contributed by atoms with E-state index >= 15 is 0 Å². The van der Waals surface area contributed by atoms with Crippen LogP contribution in [-0.2, 0) is 0 Å². The average Bonchev–Trinajstić information content (AvgIpc) is 2.95. The van der Waals surface area contributed by atoms with Crippen molar-refractivity contribution in [2.24, 2.45) is 0 Å². The molecule has 0 bridgehead atoms. The summed E-state index contributed by atoms with van der Waals surface area (Å²) in [6.07, 6.45) is 1.74. The van der Waals surface area contributed by atoms with Crippen molar-refractivity contribution in [3.05, 3.63) is 45.7 Å². The molecule has 0 radical (unpaired) electrons. The SMILES string of the molecule is CC(Nc1nc2ccc(Cl)cn2n1)c1ccsc1. The summed E-state index contributed by atoms with van der Waals surface area (Å²) in [5.74, 6) is 0.607.